The largest absolute Gasteiger partial charge is 0.455 e. The highest BCUT2D eigenvalue weighted by molar-refractivity contribution is 9.10. The zero-order chi connectivity index (χ0) is 18.4. The van der Waals surface area contributed by atoms with Crippen molar-refractivity contribution < 1.29 is 14.0 Å². The number of furan rings is 1. The van der Waals surface area contributed by atoms with Crippen molar-refractivity contribution in [2.45, 2.75) is 25.7 Å². The fourth-order valence-corrected chi connectivity index (χ4v) is 3.29. The van der Waals surface area contributed by atoms with Gasteiger partial charge in [-0.25, -0.2) is 5.43 Å². The summed E-state index contributed by atoms with van der Waals surface area (Å²) in [6, 6.07) is 11.4. The van der Waals surface area contributed by atoms with Crippen molar-refractivity contribution in [2.75, 3.05) is 13.1 Å². The Balaban J connectivity index is 1.55. The molecule has 1 aliphatic rings. The van der Waals surface area contributed by atoms with Gasteiger partial charge in [0.15, 0.2) is 0 Å². The Labute approximate surface area is 160 Å². The molecule has 7 heteroatoms. The molecule has 2 heterocycles. The summed E-state index contributed by atoms with van der Waals surface area (Å²) in [5, 5.41) is 3.92. The summed E-state index contributed by atoms with van der Waals surface area (Å²) in [5.74, 6) is 0.960. The van der Waals surface area contributed by atoms with Crippen LogP contribution in [0.15, 0.2) is 50.4 Å². The zero-order valence-corrected chi connectivity index (χ0v) is 15.9. The summed E-state index contributed by atoms with van der Waals surface area (Å²) in [7, 11) is 0. The predicted molar refractivity (Wildman–Crippen MR) is 103 cm³/mol. The topological polar surface area (TPSA) is 74.9 Å². The maximum Gasteiger partial charge on any atom is 0.259 e. The Bertz CT molecular complexity index is 816. The second-order valence-corrected chi connectivity index (χ2v) is 6.96. The number of hydrogen-bond acceptors (Lipinski definition) is 4. The second kappa shape index (κ2) is 8.80. The van der Waals surface area contributed by atoms with Gasteiger partial charge in [-0.1, -0.05) is 40.5 Å². The van der Waals surface area contributed by atoms with Gasteiger partial charge in [0.2, 0.25) is 5.91 Å². The van der Waals surface area contributed by atoms with Gasteiger partial charge in [0, 0.05) is 23.0 Å². The van der Waals surface area contributed by atoms with Gasteiger partial charge >= 0.3 is 0 Å². The van der Waals surface area contributed by atoms with E-state index in [0.29, 0.717) is 24.5 Å². The molecule has 1 saturated heterocycles. The Morgan fingerprint density at radius 1 is 1.23 bits per heavy atom. The number of hydrazone groups is 1. The van der Waals surface area contributed by atoms with Gasteiger partial charge in [0.05, 0.1) is 6.21 Å². The standard InChI is InChI=1S/C19H20BrN3O3/c20-16-7-4-3-6-15(16)17-10-9-14(26-17)12-21-22-18(24)13-23-11-5-1-2-8-19(23)25/h3-4,6-7,9-10,12H,1-2,5,8,11,13H2,(H,22,24)/b21-12-. The van der Waals surface area contributed by atoms with Crippen LogP contribution in [0.3, 0.4) is 0 Å². The van der Waals surface area contributed by atoms with Crippen LogP contribution < -0.4 is 5.43 Å². The summed E-state index contributed by atoms with van der Waals surface area (Å²) in [5.41, 5.74) is 3.39. The van der Waals surface area contributed by atoms with E-state index in [9.17, 15) is 9.59 Å². The van der Waals surface area contributed by atoms with Crippen LogP contribution in [0.5, 0.6) is 0 Å². The zero-order valence-electron chi connectivity index (χ0n) is 14.3. The lowest BCUT2D eigenvalue weighted by Gasteiger charge is -2.18. The molecule has 0 bridgehead atoms. The highest BCUT2D eigenvalue weighted by Crippen LogP contribution is 2.28. The van der Waals surface area contributed by atoms with E-state index in [-0.39, 0.29) is 18.4 Å². The molecule has 1 aliphatic heterocycles. The fraction of sp³-hybridized carbons (Fsp3) is 0.316. The number of carbonyl (C=O) groups excluding carboxylic acids is 2. The lowest BCUT2D eigenvalue weighted by molar-refractivity contribution is -0.135. The Kier molecular flexibility index (Phi) is 6.22. The number of halogens is 1. The van der Waals surface area contributed by atoms with Crippen LogP contribution in [0.4, 0.5) is 0 Å². The van der Waals surface area contributed by atoms with Gasteiger partial charge in [-0.2, -0.15) is 5.10 Å². The molecule has 0 unspecified atom stereocenters. The van der Waals surface area contributed by atoms with Gasteiger partial charge in [0.1, 0.15) is 18.1 Å². The van der Waals surface area contributed by atoms with Crippen LogP contribution >= 0.6 is 15.9 Å². The lowest BCUT2D eigenvalue weighted by Crippen LogP contribution is -2.39. The third-order valence-electron chi connectivity index (χ3n) is 4.15. The van der Waals surface area contributed by atoms with E-state index < -0.39 is 0 Å². The molecule has 3 rings (SSSR count). The number of nitrogens with zero attached hydrogens (tertiary/aromatic N) is 2. The van der Waals surface area contributed by atoms with E-state index in [1.54, 1.807) is 11.0 Å². The third-order valence-corrected chi connectivity index (χ3v) is 4.84. The van der Waals surface area contributed by atoms with E-state index in [4.69, 9.17) is 4.42 Å². The Morgan fingerprint density at radius 3 is 2.92 bits per heavy atom. The molecule has 6 nitrogen and oxygen atoms in total. The number of carbonyl (C=O) groups is 2. The fourth-order valence-electron chi connectivity index (χ4n) is 2.81. The Hall–Kier alpha value is -2.41. The minimum Gasteiger partial charge on any atom is -0.455 e. The van der Waals surface area contributed by atoms with Crippen molar-refractivity contribution >= 4 is 34.0 Å². The van der Waals surface area contributed by atoms with Crippen molar-refractivity contribution in [3.8, 4) is 11.3 Å². The highest BCUT2D eigenvalue weighted by Gasteiger charge is 2.18. The van der Waals surface area contributed by atoms with Gasteiger partial charge in [0.25, 0.3) is 5.91 Å². The van der Waals surface area contributed by atoms with Gasteiger partial charge in [-0.15, -0.1) is 0 Å². The van der Waals surface area contributed by atoms with Crippen LogP contribution in [0.25, 0.3) is 11.3 Å². The van der Waals surface area contributed by atoms with Crippen molar-refractivity contribution in [3.05, 3.63) is 46.6 Å². The number of nitrogens with one attached hydrogen (secondary N) is 1. The highest BCUT2D eigenvalue weighted by atomic mass is 79.9. The smallest absolute Gasteiger partial charge is 0.259 e. The van der Waals surface area contributed by atoms with E-state index in [1.807, 2.05) is 30.3 Å². The van der Waals surface area contributed by atoms with Gasteiger partial charge in [-0.05, 0) is 31.0 Å². The van der Waals surface area contributed by atoms with Crippen LogP contribution in [0, 0.1) is 0 Å². The molecule has 0 saturated carbocycles. The summed E-state index contributed by atoms with van der Waals surface area (Å²) in [6.45, 7) is 0.667. The minimum atomic E-state index is -0.311. The van der Waals surface area contributed by atoms with E-state index in [1.165, 1.54) is 6.21 Å². The van der Waals surface area contributed by atoms with E-state index in [0.717, 1.165) is 29.3 Å². The van der Waals surface area contributed by atoms with Crippen molar-refractivity contribution in [3.63, 3.8) is 0 Å². The van der Waals surface area contributed by atoms with Crippen molar-refractivity contribution in [2.24, 2.45) is 5.10 Å². The van der Waals surface area contributed by atoms with Crippen LogP contribution in [0.1, 0.15) is 31.4 Å². The molecule has 0 aliphatic carbocycles. The van der Waals surface area contributed by atoms with Gasteiger partial charge < -0.3 is 9.32 Å². The van der Waals surface area contributed by atoms with E-state index in [2.05, 4.69) is 26.5 Å². The molecular formula is C19H20BrN3O3. The SMILES string of the molecule is O=C(CN1CCCCCC1=O)N/N=C\c1ccc(-c2ccccc2Br)o1. The molecule has 1 fully saturated rings. The van der Waals surface area contributed by atoms with Crippen molar-refractivity contribution in [1.29, 1.82) is 0 Å². The first kappa shape index (κ1) is 18.4. The predicted octanol–water partition coefficient (Wildman–Crippen LogP) is 3.56. The molecule has 2 aromatic rings. The number of likely N-dealkylation sites (tertiary alicyclic amines) is 1. The minimum absolute atomic E-state index is 0.0331. The molecule has 26 heavy (non-hydrogen) atoms. The third kappa shape index (κ3) is 4.82. The quantitative estimate of drug-likeness (QED) is 0.596. The summed E-state index contributed by atoms with van der Waals surface area (Å²) >= 11 is 3.49. The number of rotatable bonds is 5. The summed E-state index contributed by atoms with van der Waals surface area (Å²) in [6.07, 6.45) is 4.82. The average molecular weight is 418 g/mol. The van der Waals surface area contributed by atoms with Crippen LogP contribution in [-0.4, -0.2) is 36.0 Å². The molecule has 0 radical (unpaired) electrons. The molecule has 136 valence electrons. The maximum atomic E-state index is 12.0. The van der Waals surface area contributed by atoms with Crippen LogP contribution in [0.2, 0.25) is 0 Å². The molecule has 0 atom stereocenters. The molecule has 0 spiro atoms. The molecule has 1 aromatic heterocycles. The molecule has 1 aromatic carbocycles. The van der Waals surface area contributed by atoms with Crippen LogP contribution in [-0.2, 0) is 9.59 Å². The number of benzene rings is 1. The normalized spacial score (nSPS) is 15.3. The maximum absolute atomic E-state index is 12.0. The number of hydrogen-bond donors (Lipinski definition) is 1. The van der Waals surface area contributed by atoms with Crippen molar-refractivity contribution in [1.82, 2.24) is 10.3 Å². The summed E-state index contributed by atoms with van der Waals surface area (Å²) in [4.78, 5) is 25.5. The van der Waals surface area contributed by atoms with Gasteiger partial charge in [-0.3, -0.25) is 9.59 Å². The molecule has 2 amide bonds. The average Bonchev–Trinajstić information content (AvgIpc) is 3.00. The Morgan fingerprint density at radius 2 is 2.08 bits per heavy atom. The summed E-state index contributed by atoms with van der Waals surface area (Å²) < 4.78 is 6.66. The monoisotopic (exact) mass is 417 g/mol. The number of amides is 2. The molecular weight excluding hydrogens is 398 g/mol. The first-order valence-corrected chi connectivity index (χ1v) is 9.37. The lowest BCUT2D eigenvalue weighted by atomic mass is 10.2. The second-order valence-electron chi connectivity index (χ2n) is 6.10. The first-order chi connectivity index (χ1) is 12.6. The van der Waals surface area contributed by atoms with E-state index >= 15 is 0 Å². The first-order valence-electron chi connectivity index (χ1n) is 8.58. The molecule has 1 N–H and O–H groups in total.